The van der Waals surface area contributed by atoms with Crippen molar-refractivity contribution in [1.82, 2.24) is 0 Å². The van der Waals surface area contributed by atoms with E-state index in [-0.39, 0.29) is 43.0 Å². The van der Waals surface area contributed by atoms with Crippen molar-refractivity contribution in [1.29, 1.82) is 0 Å². The number of phosphoric acid groups is 1. The van der Waals surface area contributed by atoms with Gasteiger partial charge in [-0.15, -0.1) is 0 Å². The minimum atomic E-state index is -4.19. The van der Waals surface area contributed by atoms with E-state index in [0.29, 0.717) is 0 Å². The van der Waals surface area contributed by atoms with Crippen LogP contribution in [0.5, 0.6) is 5.75 Å². The Labute approximate surface area is 150 Å². The van der Waals surface area contributed by atoms with Gasteiger partial charge in [0.1, 0.15) is 5.75 Å². The zero-order valence-corrected chi connectivity index (χ0v) is 16.7. The maximum atomic E-state index is 11.9. The second kappa shape index (κ2) is 9.15. The topological polar surface area (TPSA) is 85.2 Å². The smallest absolute Gasteiger partial charge is 0.404 e. The van der Waals surface area contributed by atoms with E-state index in [4.69, 9.17) is 18.9 Å². The molecule has 144 valence electrons. The van der Waals surface area contributed by atoms with Crippen LogP contribution in [0.4, 0.5) is 0 Å². The van der Waals surface area contributed by atoms with Crippen molar-refractivity contribution >= 4 is 7.82 Å². The average molecular weight is 374 g/mol. The highest BCUT2D eigenvalue weighted by atomic mass is 31.2. The van der Waals surface area contributed by atoms with Crippen molar-refractivity contribution in [2.24, 2.45) is 5.41 Å². The monoisotopic (exact) mass is 374 g/mol. The minimum absolute atomic E-state index is 0.0137. The molecule has 0 saturated carbocycles. The van der Waals surface area contributed by atoms with Crippen LogP contribution in [0.3, 0.4) is 0 Å². The molecule has 0 heterocycles. The third-order valence-corrected chi connectivity index (χ3v) is 4.50. The Balaban J connectivity index is 2.62. The van der Waals surface area contributed by atoms with Crippen LogP contribution in [-0.4, -0.2) is 36.4 Å². The van der Waals surface area contributed by atoms with Gasteiger partial charge in [0.05, 0.1) is 26.4 Å². The highest BCUT2D eigenvalue weighted by molar-refractivity contribution is 7.47. The molecule has 0 aliphatic heterocycles. The van der Waals surface area contributed by atoms with Crippen LogP contribution in [0.2, 0.25) is 0 Å². The SMILES string of the molecule is CC(C)(C)CC(C)(C)c1ccc(OP(=O)(O)OCCOCCO)cc1. The van der Waals surface area contributed by atoms with Crippen molar-refractivity contribution in [3.05, 3.63) is 29.8 Å². The molecule has 1 atom stereocenters. The van der Waals surface area contributed by atoms with Gasteiger partial charge in [-0.3, -0.25) is 9.42 Å². The van der Waals surface area contributed by atoms with E-state index in [0.717, 1.165) is 12.0 Å². The summed E-state index contributed by atoms with van der Waals surface area (Å²) in [5.74, 6) is 0.275. The van der Waals surface area contributed by atoms with E-state index >= 15 is 0 Å². The third kappa shape index (κ3) is 8.84. The molecule has 0 bridgehead atoms. The van der Waals surface area contributed by atoms with E-state index in [2.05, 4.69) is 34.6 Å². The van der Waals surface area contributed by atoms with E-state index in [1.54, 1.807) is 12.1 Å². The molecule has 0 aliphatic carbocycles. The minimum Gasteiger partial charge on any atom is -0.404 e. The van der Waals surface area contributed by atoms with Crippen LogP contribution in [0, 0.1) is 5.41 Å². The summed E-state index contributed by atoms with van der Waals surface area (Å²) in [5.41, 5.74) is 1.33. The van der Waals surface area contributed by atoms with Gasteiger partial charge < -0.3 is 14.4 Å². The summed E-state index contributed by atoms with van der Waals surface area (Å²) in [6, 6.07) is 7.17. The van der Waals surface area contributed by atoms with Gasteiger partial charge in [-0.1, -0.05) is 46.8 Å². The Morgan fingerprint density at radius 1 is 1.00 bits per heavy atom. The molecular formula is C18H31O6P. The lowest BCUT2D eigenvalue weighted by atomic mass is 9.72. The summed E-state index contributed by atoms with van der Waals surface area (Å²) >= 11 is 0. The third-order valence-electron chi connectivity index (χ3n) is 3.55. The molecule has 25 heavy (non-hydrogen) atoms. The van der Waals surface area contributed by atoms with Crippen LogP contribution in [0.15, 0.2) is 24.3 Å². The lowest BCUT2D eigenvalue weighted by Gasteiger charge is -2.33. The second-order valence-electron chi connectivity index (χ2n) is 7.87. The summed E-state index contributed by atoms with van der Waals surface area (Å²) in [6.07, 6.45) is 1.01. The van der Waals surface area contributed by atoms with Crippen molar-refractivity contribution in [2.45, 2.75) is 46.5 Å². The Morgan fingerprint density at radius 3 is 2.12 bits per heavy atom. The number of rotatable bonds is 10. The quantitative estimate of drug-likeness (QED) is 0.477. The lowest BCUT2D eigenvalue weighted by molar-refractivity contribution is 0.0627. The van der Waals surface area contributed by atoms with Gasteiger partial charge in [-0.2, -0.15) is 0 Å². The van der Waals surface area contributed by atoms with Crippen molar-refractivity contribution < 1.29 is 28.3 Å². The van der Waals surface area contributed by atoms with E-state index < -0.39 is 7.82 Å². The van der Waals surface area contributed by atoms with Crippen molar-refractivity contribution in [3.63, 3.8) is 0 Å². The largest absolute Gasteiger partial charge is 0.527 e. The van der Waals surface area contributed by atoms with Gasteiger partial charge in [0.2, 0.25) is 0 Å². The molecule has 0 saturated heterocycles. The standard InChI is InChI=1S/C18H31O6P/c1-17(2,3)14-18(4,5)15-6-8-16(9-7-15)24-25(20,21)23-13-12-22-11-10-19/h6-9,19H,10-14H2,1-5H3,(H,20,21). The first-order valence-electron chi connectivity index (χ1n) is 8.41. The summed E-state index contributed by atoms with van der Waals surface area (Å²) in [6.45, 7) is 11.0. The summed E-state index contributed by atoms with van der Waals surface area (Å²) in [7, 11) is -4.19. The average Bonchev–Trinajstić information content (AvgIpc) is 2.44. The second-order valence-corrected chi connectivity index (χ2v) is 9.25. The molecule has 0 fully saturated rings. The number of aliphatic hydroxyl groups is 1. The van der Waals surface area contributed by atoms with Crippen LogP contribution in [-0.2, 0) is 19.2 Å². The molecular weight excluding hydrogens is 343 g/mol. The maximum Gasteiger partial charge on any atom is 0.527 e. The van der Waals surface area contributed by atoms with Gasteiger partial charge in [0.15, 0.2) is 0 Å². The zero-order valence-electron chi connectivity index (χ0n) is 15.8. The Morgan fingerprint density at radius 2 is 1.60 bits per heavy atom. The summed E-state index contributed by atoms with van der Waals surface area (Å²) < 4.78 is 26.7. The van der Waals surface area contributed by atoms with Crippen LogP contribution < -0.4 is 4.52 Å². The first kappa shape index (κ1) is 22.1. The van der Waals surface area contributed by atoms with Gasteiger partial charge >= 0.3 is 7.82 Å². The molecule has 0 aliphatic rings. The van der Waals surface area contributed by atoms with Crippen LogP contribution >= 0.6 is 7.82 Å². The fourth-order valence-electron chi connectivity index (χ4n) is 2.93. The molecule has 0 spiro atoms. The Bertz CT molecular complexity index is 562. The molecule has 6 nitrogen and oxygen atoms in total. The number of hydrogen-bond acceptors (Lipinski definition) is 5. The zero-order chi connectivity index (χ0) is 19.1. The van der Waals surface area contributed by atoms with Crippen LogP contribution in [0.1, 0.15) is 46.6 Å². The molecule has 0 radical (unpaired) electrons. The number of phosphoric ester groups is 1. The van der Waals surface area contributed by atoms with Gasteiger partial charge in [0.25, 0.3) is 0 Å². The fraction of sp³-hybridized carbons (Fsp3) is 0.667. The van der Waals surface area contributed by atoms with E-state index in [1.165, 1.54) is 0 Å². The molecule has 1 aromatic carbocycles. The molecule has 0 aromatic heterocycles. The van der Waals surface area contributed by atoms with Gasteiger partial charge in [-0.05, 0) is 34.9 Å². The van der Waals surface area contributed by atoms with Crippen molar-refractivity contribution in [2.75, 3.05) is 26.4 Å². The molecule has 1 aromatic rings. The molecule has 1 unspecified atom stereocenters. The molecule has 7 heteroatoms. The number of benzene rings is 1. The lowest BCUT2D eigenvalue weighted by Crippen LogP contribution is -2.24. The Hall–Kier alpha value is -0.910. The van der Waals surface area contributed by atoms with Gasteiger partial charge in [-0.25, -0.2) is 4.57 Å². The van der Waals surface area contributed by atoms with E-state index in [1.807, 2.05) is 12.1 Å². The number of aliphatic hydroxyl groups excluding tert-OH is 1. The molecule has 1 rings (SSSR count). The predicted octanol–water partition coefficient (Wildman–Crippen LogP) is 3.91. The number of hydrogen-bond donors (Lipinski definition) is 2. The summed E-state index contributed by atoms with van der Waals surface area (Å²) in [4.78, 5) is 9.71. The van der Waals surface area contributed by atoms with Crippen molar-refractivity contribution in [3.8, 4) is 5.75 Å². The predicted molar refractivity (Wildman–Crippen MR) is 97.9 cm³/mol. The van der Waals surface area contributed by atoms with Gasteiger partial charge in [0, 0.05) is 0 Å². The molecule has 0 amide bonds. The highest BCUT2D eigenvalue weighted by Gasteiger charge is 2.28. The highest BCUT2D eigenvalue weighted by Crippen LogP contribution is 2.44. The van der Waals surface area contributed by atoms with Crippen LogP contribution in [0.25, 0.3) is 0 Å². The first-order chi connectivity index (χ1) is 11.5. The fourth-order valence-corrected chi connectivity index (χ4v) is 3.68. The maximum absolute atomic E-state index is 11.9. The first-order valence-corrected chi connectivity index (χ1v) is 9.91. The summed E-state index contributed by atoms with van der Waals surface area (Å²) in [5, 5.41) is 8.57. The number of ether oxygens (including phenoxy) is 1. The molecule has 2 N–H and O–H groups in total. The normalized spacial score (nSPS) is 15.0. The Kier molecular flexibility index (Phi) is 8.10. The van der Waals surface area contributed by atoms with E-state index in [9.17, 15) is 9.46 Å².